The van der Waals surface area contributed by atoms with Gasteiger partial charge in [-0.05, 0) is 54.9 Å². The molecule has 1 atom stereocenters. The second-order valence-electron chi connectivity index (χ2n) is 10.9. The van der Waals surface area contributed by atoms with Gasteiger partial charge in [-0.2, -0.15) is 0 Å². The van der Waals surface area contributed by atoms with Gasteiger partial charge in [0.15, 0.2) is 16.9 Å². The lowest BCUT2D eigenvalue weighted by atomic mass is 9.78. The van der Waals surface area contributed by atoms with E-state index in [1.807, 2.05) is 34.9 Å². The normalized spacial score (nSPS) is 14.3. The fourth-order valence-corrected chi connectivity index (χ4v) is 4.95. The molecule has 0 N–H and O–H groups in total. The highest BCUT2D eigenvalue weighted by atomic mass is 16.5. The lowest BCUT2D eigenvalue weighted by Gasteiger charge is -2.39. The second kappa shape index (κ2) is 12.5. The van der Waals surface area contributed by atoms with Gasteiger partial charge in [0.05, 0.1) is 32.6 Å². The first kappa shape index (κ1) is 28.4. The third kappa shape index (κ3) is 6.71. The molecule has 2 heterocycles. The van der Waals surface area contributed by atoms with Crippen LogP contribution in [0, 0.1) is 5.41 Å². The summed E-state index contributed by atoms with van der Waals surface area (Å²) in [6.07, 6.45) is 4.13. The molecule has 0 radical (unpaired) electrons. The van der Waals surface area contributed by atoms with Crippen LogP contribution < -0.4 is 14.9 Å². The average Bonchev–Trinajstić information content (AvgIpc) is 2.91. The van der Waals surface area contributed by atoms with E-state index in [0.29, 0.717) is 31.3 Å². The first-order valence-corrected chi connectivity index (χ1v) is 13.6. The van der Waals surface area contributed by atoms with Crippen LogP contribution in [0.2, 0.25) is 0 Å². The first-order chi connectivity index (χ1) is 18.7. The van der Waals surface area contributed by atoms with E-state index in [2.05, 4.69) is 32.9 Å². The van der Waals surface area contributed by atoms with Crippen LogP contribution in [0.25, 0.3) is 11.3 Å². The molecule has 0 aliphatic carbocycles. The third-order valence-electron chi connectivity index (χ3n) is 7.04. The van der Waals surface area contributed by atoms with Crippen molar-refractivity contribution in [2.45, 2.75) is 59.6 Å². The minimum absolute atomic E-state index is 0.0248. The number of pyridine rings is 1. The fraction of sp³-hybridized carbons (Fsp3) is 0.438. The van der Waals surface area contributed by atoms with Gasteiger partial charge in [0.1, 0.15) is 5.56 Å². The molecular formula is C32H39NO6. The van der Waals surface area contributed by atoms with E-state index >= 15 is 0 Å². The number of unbranched alkanes of at least 4 members (excludes halogenated alkanes) is 1. The van der Waals surface area contributed by atoms with Gasteiger partial charge in [0, 0.05) is 30.5 Å². The quantitative estimate of drug-likeness (QED) is 0.215. The van der Waals surface area contributed by atoms with Crippen molar-refractivity contribution in [3.8, 4) is 22.8 Å². The Morgan fingerprint density at radius 2 is 1.77 bits per heavy atom. The van der Waals surface area contributed by atoms with E-state index in [0.717, 1.165) is 36.1 Å². The number of methoxy groups -OCH3 is 1. The van der Waals surface area contributed by atoms with E-state index in [1.165, 1.54) is 5.56 Å². The maximum absolute atomic E-state index is 12.9. The topological polar surface area (TPSA) is 76.0 Å². The molecule has 3 aromatic rings. The van der Waals surface area contributed by atoms with E-state index in [-0.39, 0.29) is 29.1 Å². The van der Waals surface area contributed by atoms with Crippen molar-refractivity contribution in [2.24, 2.45) is 5.41 Å². The standard InChI is InChI=1S/C32H39NO6/c1-6-38-31(35)25-20-33-26(19-27(25)34)24-18-28(36-5)29(16-23(24)17-30(33)32(2,3)4)39-15-11-10-14-37-21-22-12-8-7-9-13-22/h7-9,12-13,16,18-20,30H,6,10-11,14-15,17,21H2,1-5H3. The Bertz CT molecular complexity index is 1340. The first-order valence-electron chi connectivity index (χ1n) is 13.6. The molecule has 0 spiro atoms. The van der Waals surface area contributed by atoms with Crippen LogP contribution in [-0.2, 0) is 22.5 Å². The number of carbonyl (C=O) groups is 1. The van der Waals surface area contributed by atoms with Gasteiger partial charge in [0.2, 0.25) is 0 Å². The van der Waals surface area contributed by atoms with Crippen molar-refractivity contribution < 1.29 is 23.7 Å². The number of esters is 1. The Hall–Kier alpha value is -3.58. The Morgan fingerprint density at radius 3 is 2.46 bits per heavy atom. The van der Waals surface area contributed by atoms with Crippen LogP contribution in [0.5, 0.6) is 11.5 Å². The zero-order valence-electron chi connectivity index (χ0n) is 23.6. The molecule has 7 heteroatoms. The molecule has 1 unspecified atom stereocenters. The lowest BCUT2D eigenvalue weighted by molar-refractivity contribution is 0.0523. The number of hydrogen-bond donors (Lipinski definition) is 0. The molecule has 0 bridgehead atoms. The monoisotopic (exact) mass is 533 g/mol. The molecule has 7 nitrogen and oxygen atoms in total. The zero-order chi connectivity index (χ0) is 28.0. The second-order valence-corrected chi connectivity index (χ2v) is 10.9. The maximum atomic E-state index is 12.9. The third-order valence-corrected chi connectivity index (χ3v) is 7.04. The number of carbonyl (C=O) groups excluding carboxylic acids is 1. The number of nitrogens with zero attached hydrogens (tertiary/aromatic N) is 1. The molecule has 1 aromatic heterocycles. The van der Waals surface area contributed by atoms with Gasteiger partial charge in [0.25, 0.3) is 0 Å². The highest BCUT2D eigenvalue weighted by Gasteiger charge is 2.34. The van der Waals surface area contributed by atoms with Gasteiger partial charge in [-0.15, -0.1) is 0 Å². The average molecular weight is 534 g/mol. The minimum atomic E-state index is -0.594. The van der Waals surface area contributed by atoms with Gasteiger partial charge < -0.3 is 23.5 Å². The largest absolute Gasteiger partial charge is 0.493 e. The summed E-state index contributed by atoms with van der Waals surface area (Å²) in [5.41, 5.74) is 3.49. The van der Waals surface area contributed by atoms with Gasteiger partial charge in [-0.25, -0.2) is 4.79 Å². The summed E-state index contributed by atoms with van der Waals surface area (Å²) in [4.78, 5) is 25.4. The summed E-state index contributed by atoms with van der Waals surface area (Å²) < 4.78 is 24.8. The summed E-state index contributed by atoms with van der Waals surface area (Å²) in [5, 5.41) is 0. The predicted octanol–water partition coefficient (Wildman–Crippen LogP) is 6.22. The molecule has 4 rings (SSSR count). The predicted molar refractivity (Wildman–Crippen MR) is 152 cm³/mol. The fourth-order valence-electron chi connectivity index (χ4n) is 4.95. The van der Waals surface area contributed by atoms with E-state index in [4.69, 9.17) is 18.9 Å². The maximum Gasteiger partial charge on any atom is 0.343 e. The molecule has 0 saturated carbocycles. The van der Waals surface area contributed by atoms with Crippen molar-refractivity contribution in [1.29, 1.82) is 0 Å². The zero-order valence-corrected chi connectivity index (χ0v) is 23.6. The van der Waals surface area contributed by atoms with Crippen LogP contribution in [0.15, 0.2) is 59.5 Å². The molecule has 0 fully saturated rings. The van der Waals surface area contributed by atoms with Crippen LogP contribution in [0.3, 0.4) is 0 Å². The van der Waals surface area contributed by atoms with Gasteiger partial charge >= 0.3 is 5.97 Å². The number of rotatable bonds is 11. The van der Waals surface area contributed by atoms with Crippen LogP contribution in [0.4, 0.5) is 0 Å². The summed E-state index contributed by atoms with van der Waals surface area (Å²) in [6, 6.07) is 15.7. The Kier molecular flexibility index (Phi) is 9.12. The number of fused-ring (bicyclic) bond motifs is 3. The molecule has 0 amide bonds. The molecule has 39 heavy (non-hydrogen) atoms. The van der Waals surface area contributed by atoms with Crippen LogP contribution >= 0.6 is 0 Å². The Balaban J connectivity index is 1.51. The van der Waals surface area contributed by atoms with Gasteiger partial charge in [-0.3, -0.25) is 4.79 Å². The summed E-state index contributed by atoms with van der Waals surface area (Å²) in [6.45, 7) is 10.3. The van der Waals surface area contributed by atoms with Crippen molar-refractivity contribution in [1.82, 2.24) is 4.57 Å². The minimum Gasteiger partial charge on any atom is -0.493 e. The summed E-state index contributed by atoms with van der Waals surface area (Å²) in [5.74, 6) is 0.702. The summed E-state index contributed by atoms with van der Waals surface area (Å²) in [7, 11) is 1.61. The smallest absolute Gasteiger partial charge is 0.343 e. The van der Waals surface area contributed by atoms with E-state index < -0.39 is 5.97 Å². The SMILES string of the molecule is CCOC(=O)c1cn2c(cc1=O)-c1cc(OC)c(OCCCCOCc3ccccc3)cc1CC2C(C)(C)C. The van der Waals surface area contributed by atoms with Crippen molar-refractivity contribution in [3.63, 3.8) is 0 Å². The van der Waals surface area contributed by atoms with Crippen LogP contribution in [0.1, 0.15) is 68.1 Å². The Morgan fingerprint density at radius 1 is 1.03 bits per heavy atom. The molecule has 0 saturated heterocycles. The Labute approximate surface area is 230 Å². The van der Waals surface area contributed by atoms with Crippen molar-refractivity contribution in [3.05, 3.63) is 81.6 Å². The molecule has 208 valence electrons. The molecular weight excluding hydrogens is 494 g/mol. The van der Waals surface area contributed by atoms with Crippen molar-refractivity contribution >= 4 is 5.97 Å². The van der Waals surface area contributed by atoms with Gasteiger partial charge in [-0.1, -0.05) is 51.1 Å². The van der Waals surface area contributed by atoms with Crippen LogP contribution in [-0.4, -0.2) is 37.5 Å². The molecule has 1 aliphatic rings. The molecule has 2 aromatic carbocycles. The number of hydrogen-bond acceptors (Lipinski definition) is 6. The number of benzene rings is 2. The highest BCUT2D eigenvalue weighted by Crippen LogP contribution is 2.45. The number of aromatic nitrogens is 1. The highest BCUT2D eigenvalue weighted by molar-refractivity contribution is 5.89. The van der Waals surface area contributed by atoms with E-state index in [9.17, 15) is 9.59 Å². The lowest BCUT2D eigenvalue weighted by Crippen LogP contribution is -2.33. The summed E-state index contributed by atoms with van der Waals surface area (Å²) >= 11 is 0. The number of ether oxygens (including phenoxy) is 4. The van der Waals surface area contributed by atoms with E-state index in [1.54, 1.807) is 26.3 Å². The van der Waals surface area contributed by atoms with Crippen molar-refractivity contribution in [2.75, 3.05) is 26.9 Å². The molecule has 1 aliphatic heterocycles.